The standard InChI is InChI=1S/C25H21FN2O5S/c1-3-12-33-18-10-7-16(14-19(18)32-4-2)21-20(22(29)15-5-8-17(26)9-6-15)23(30)24(31)28(21)25-27-11-13-34-25/h3,5-11,13-14,21,29H,1,4,12H2,2H3/b22-20+. The molecule has 34 heavy (non-hydrogen) atoms. The summed E-state index contributed by atoms with van der Waals surface area (Å²) in [5.41, 5.74) is 0.584. The molecule has 0 saturated carbocycles. The second-order valence-corrected chi connectivity index (χ2v) is 8.10. The topological polar surface area (TPSA) is 89.0 Å². The van der Waals surface area contributed by atoms with Crippen LogP contribution in [0, 0.1) is 5.82 Å². The summed E-state index contributed by atoms with van der Waals surface area (Å²) < 4.78 is 24.8. The smallest absolute Gasteiger partial charge is 0.301 e. The van der Waals surface area contributed by atoms with Gasteiger partial charge in [0.25, 0.3) is 5.78 Å². The molecule has 1 unspecified atom stereocenters. The largest absolute Gasteiger partial charge is 0.507 e. The Hall–Kier alpha value is -3.98. The van der Waals surface area contributed by atoms with Gasteiger partial charge in [-0.15, -0.1) is 11.3 Å². The van der Waals surface area contributed by atoms with Crippen LogP contribution in [0.2, 0.25) is 0 Å². The quantitative estimate of drug-likeness (QED) is 0.214. The average Bonchev–Trinajstić information content (AvgIpc) is 3.45. The number of amides is 1. The zero-order valence-electron chi connectivity index (χ0n) is 18.2. The number of carbonyl (C=O) groups excluding carboxylic acids is 2. The Labute approximate surface area is 199 Å². The van der Waals surface area contributed by atoms with Gasteiger partial charge in [-0.1, -0.05) is 18.7 Å². The van der Waals surface area contributed by atoms with Crippen molar-refractivity contribution in [3.8, 4) is 11.5 Å². The zero-order valence-corrected chi connectivity index (χ0v) is 19.0. The molecule has 174 valence electrons. The van der Waals surface area contributed by atoms with Crippen LogP contribution < -0.4 is 14.4 Å². The number of ketones is 1. The van der Waals surface area contributed by atoms with Gasteiger partial charge in [-0.05, 0) is 48.9 Å². The fourth-order valence-corrected chi connectivity index (χ4v) is 4.34. The van der Waals surface area contributed by atoms with E-state index in [9.17, 15) is 19.1 Å². The van der Waals surface area contributed by atoms with E-state index in [4.69, 9.17) is 9.47 Å². The zero-order chi connectivity index (χ0) is 24.2. The first kappa shape index (κ1) is 23.2. The van der Waals surface area contributed by atoms with Crippen LogP contribution in [0.3, 0.4) is 0 Å². The number of aliphatic hydroxyl groups excluding tert-OH is 1. The first-order valence-electron chi connectivity index (χ1n) is 10.4. The average molecular weight is 481 g/mol. The lowest BCUT2D eigenvalue weighted by Crippen LogP contribution is -2.29. The van der Waals surface area contributed by atoms with Crippen molar-refractivity contribution in [1.82, 2.24) is 4.98 Å². The summed E-state index contributed by atoms with van der Waals surface area (Å²) in [6.45, 7) is 6.08. The van der Waals surface area contributed by atoms with Crippen LogP contribution in [-0.2, 0) is 9.59 Å². The van der Waals surface area contributed by atoms with Crippen molar-refractivity contribution in [1.29, 1.82) is 0 Å². The van der Waals surface area contributed by atoms with Crippen LogP contribution in [-0.4, -0.2) is 35.0 Å². The Morgan fingerprint density at radius 2 is 1.97 bits per heavy atom. The third-order valence-electron chi connectivity index (χ3n) is 5.13. The first-order chi connectivity index (χ1) is 16.5. The minimum absolute atomic E-state index is 0.131. The molecule has 1 N–H and O–H groups in total. The van der Waals surface area contributed by atoms with Gasteiger partial charge >= 0.3 is 5.91 Å². The number of rotatable bonds is 8. The van der Waals surface area contributed by atoms with Crippen molar-refractivity contribution < 1.29 is 28.6 Å². The van der Waals surface area contributed by atoms with E-state index in [2.05, 4.69) is 11.6 Å². The minimum Gasteiger partial charge on any atom is -0.507 e. The Balaban J connectivity index is 1.90. The molecule has 9 heteroatoms. The van der Waals surface area contributed by atoms with Crippen LogP contribution in [0.4, 0.5) is 9.52 Å². The highest BCUT2D eigenvalue weighted by Gasteiger charge is 2.48. The molecule has 1 saturated heterocycles. The fourth-order valence-electron chi connectivity index (χ4n) is 3.67. The van der Waals surface area contributed by atoms with Gasteiger partial charge in [0.05, 0.1) is 18.2 Å². The third kappa shape index (κ3) is 4.29. The summed E-state index contributed by atoms with van der Waals surface area (Å²) in [7, 11) is 0. The lowest BCUT2D eigenvalue weighted by Gasteiger charge is -2.24. The Morgan fingerprint density at radius 3 is 2.62 bits per heavy atom. The van der Waals surface area contributed by atoms with Gasteiger partial charge in [0.1, 0.15) is 18.2 Å². The minimum atomic E-state index is -0.983. The number of hydrogen-bond donors (Lipinski definition) is 1. The van der Waals surface area contributed by atoms with E-state index < -0.39 is 29.3 Å². The van der Waals surface area contributed by atoms with E-state index in [1.54, 1.807) is 29.7 Å². The van der Waals surface area contributed by atoms with Gasteiger partial charge < -0.3 is 14.6 Å². The van der Waals surface area contributed by atoms with Gasteiger partial charge in [0, 0.05) is 17.1 Å². The van der Waals surface area contributed by atoms with Gasteiger partial charge in [0.15, 0.2) is 16.6 Å². The number of nitrogens with zero attached hydrogens (tertiary/aromatic N) is 2. The maximum atomic E-state index is 13.4. The normalized spacial score (nSPS) is 17.1. The van der Waals surface area contributed by atoms with Crippen LogP contribution in [0.15, 0.2) is 72.3 Å². The van der Waals surface area contributed by atoms with Crippen LogP contribution >= 0.6 is 11.3 Å². The molecule has 0 bridgehead atoms. The summed E-state index contributed by atoms with van der Waals surface area (Å²) in [6.07, 6.45) is 3.12. The lowest BCUT2D eigenvalue weighted by atomic mass is 9.95. The number of hydrogen-bond acceptors (Lipinski definition) is 7. The van der Waals surface area contributed by atoms with Crippen molar-refractivity contribution in [2.24, 2.45) is 0 Å². The molecular weight excluding hydrogens is 459 g/mol. The number of benzene rings is 2. The highest BCUT2D eigenvalue weighted by molar-refractivity contribution is 7.14. The molecule has 1 fully saturated rings. The second kappa shape index (κ2) is 9.88. The van der Waals surface area contributed by atoms with E-state index in [1.807, 2.05) is 6.92 Å². The van der Waals surface area contributed by atoms with Crippen LogP contribution in [0.5, 0.6) is 11.5 Å². The molecule has 3 aromatic rings. The van der Waals surface area contributed by atoms with Crippen molar-refractivity contribution in [2.45, 2.75) is 13.0 Å². The van der Waals surface area contributed by atoms with Crippen LogP contribution in [0.25, 0.3) is 5.76 Å². The molecule has 0 spiro atoms. The molecule has 1 amide bonds. The third-order valence-corrected chi connectivity index (χ3v) is 5.90. The van der Waals surface area contributed by atoms with Crippen molar-refractivity contribution in [2.75, 3.05) is 18.1 Å². The van der Waals surface area contributed by atoms with Gasteiger partial charge in [0.2, 0.25) is 0 Å². The molecule has 1 aliphatic rings. The summed E-state index contributed by atoms with van der Waals surface area (Å²) in [6, 6.07) is 9.06. The Bertz CT molecular complexity index is 1250. The molecule has 2 aromatic carbocycles. The Kier molecular flexibility index (Phi) is 6.74. The number of halogens is 1. The van der Waals surface area contributed by atoms with Gasteiger partial charge in [-0.25, -0.2) is 9.37 Å². The second-order valence-electron chi connectivity index (χ2n) is 7.23. The number of carbonyl (C=O) groups is 2. The molecule has 1 aliphatic heterocycles. The monoisotopic (exact) mass is 480 g/mol. The van der Waals surface area contributed by atoms with E-state index in [1.165, 1.54) is 46.7 Å². The molecule has 0 radical (unpaired) electrons. The molecular formula is C25H21FN2O5S. The number of aromatic nitrogens is 1. The number of Topliss-reactive ketones (excluding diaryl/α,β-unsaturated/α-hetero) is 1. The summed E-state index contributed by atoms with van der Waals surface area (Å²) >= 11 is 1.19. The molecule has 2 heterocycles. The van der Waals surface area contributed by atoms with E-state index >= 15 is 0 Å². The Morgan fingerprint density at radius 1 is 1.21 bits per heavy atom. The molecule has 1 aromatic heterocycles. The fraction of sp³-hybridized carbons (Fsp3) is 0.160. The SMILES string of the molecule is C=CCOc1ccc(C2/C(=C(\O)c3ccc(F)cc3)C(=O)C(=O)N2c2nccs2)cc1OCC. The number of aliphatic hydroxyl groups is 1. The lowest BCUT2D eigenvalue weighted by molar-refractivity contribution is -0.132. The molecule has 4 rings (SSSR count). The van der Waals surface area contributed by atoms with Gasteiger partial charge in [-0.2, -0.15) is 0 Å². The molecule has 7 nitrogen and oxygen atoms in total. The number of ether oxygens (including phenoxy) is 2. The molecule has 1 atom stereocenters. The first-order valence-corrected chi connectivity index (χ1v) is 11.3. The summed E-state index contributed by atoms with van der Waals surface area (Å²) in [4.78, 5) is 31.7. The summed E-state index contributed by atoms with van der Waals surface area (Å²) in [5, 5.41) is 13.0. The summed E-state index contributed by atoms with van der Waals surface area (Å²) in [5.74, 6) is -1.72. The van der Waals surface area contributed by atoms with Crippen LogP contribution in [0.1, 0.15) is 24.1 Å². The van der Waals surface area contributed by atoms with Crippen molar-refractivity contribution >= 4 is 33.9 Å². The van der Waals surface area contributed by atoms with Crippen molar-refractivity contribution in [3.63, 3.8) is 0 Å². The predicted octanol–water partition coefficient (Wildman–Crippen LogP) is 4.87. The maximum Gasteiger partial charge on any atom is 0.301 e. The predicted molar refractivity (Wildman–Crippen MR) is 127 cm³/mol. The number of anilines is 1. The maximum absolute atomic E-state index is 13.4. The number of thiazole rings is 1. The highest BCUT2D eigenvalue weighted by atomic mass is 32.1. The molecule has 0 aliphatic carbocycles. The van der Waals surface area contributed by atoms with E-state index in [0.717, 1.165) is 0 Å². The van der Waals surface area contributed by atoms with E-state index in [-0.39, 0.29) is 17.7 Å². The van der Waals surface area contributed by atoms with E-state index in [0.29, 0.717) is 28.8 Å². The van der Waals surface area contributed by atoms with Crippen molar-refractivity contribution in [3.05, 3.63) is 89.2 Å². The highest BCUT2D eigenvalue weighted by Crippen LogP contribution is 2.44. The van der Waals surface area contributed by atoms with Gasteiger partial charge in [-0.3, -0.25) is 14.5 Å².